The Labute approximate surface area is 253 Å². The third-order valence-electron chi connectivity index (χ3n) is 7.20. The highest BCUT2D eigenvalue weighted by molar-refractivity contribution is 6.09. The molecule has 0 unspecified atom stereocenters. The van der Waals surface area contributed by atoms with Gasteiger partial charge in [-0.05, 0) is 68.8 Å². The monoisotopic (exact) mass is 586 g/mol. The molecule has 0 aliphatic rings. The maximum atomic E-state index is 13.0. The Morgan fingerprint density at radius 3 is 2.41 bits per heavy atom. The number of para-hydroxylation sites is 2. The Bertz CT molecular complexity index is 2000. The van der Waals surface area contributed by atoms with Crippen LogP contribution in [0.25, 0.3) is 33.2 Å². The van der Waals surface area contributed by atoms with E-state index in [0.29, 0.717) is 22.6 Å². The van der Waals surface area contributed by atoms with Gasteiger partial charge in [-0.15, -0.1) is 0 Å². The fourth-order valence-electron chi connectivity index (χ4n) is 4.98. The summed E-state index contributed by atoms with van der Waals surface area (Å²) in [6, 6.07) is 24.7. The van der Waals surface area contributed by atoms with E-state index in [2.05, 4.69) is 25.6 Å². The van der Waals surface area contributed by atoms with E-state index in [1.165, 1.54) is 17.4 Å². The molecule has 10 heteroatoms. The number of hydrogen-bond acceptors (Lipinski definition) is 7. The number of aromatic nitrogens is 3. The molecule has 0 bridgehead atoms. The predicted molar refractivity (Wildman–Crippen MR) is 170 cm³/mol. The first kappa shape index (κ1) is 28.4. The zero-order valence-corrected chi connectivity index (χ0v) is 24.4. The highest BCUT2D eigenvalue weighted by Gasteiger charge is 2.26. The van der Waals surface area contributed by atoms with Crippen LogP contribution in [0.4, 0.5) is 22.0 Å². The molecule has 6 rings (SSSR count). The van der Waals surface area contributed by atoms with Crippen LogP contribution in [0.1, 0.15) is 36.7 Å². The smallest absolute Gasteiger partial charge is 0.408 e. The number of carboxylic acid groups (broad SMARTS) is 1. The second-order valence-electron chi connectivity index (χ2n) is 11.3. The maximum Gasteiger partial charge on any atom is 0.408 e. The Morgan fingerprint density at radius 1 is 0.886 bits per heavy atom. The van der Waals surface area contributed by atoms with E-state index in [-0.39, 0.29) is 12.5 Å². The van der Waals surface area contributed by atoms with E-state index < -0.39 is 11.6 Å². The van der Waals surface area contributed by atoms with E-state index in [1.807, 2.05) is 81.4 Å². The van der Waals surface area contributed by atoms with Crippen LogP contribution < -0.4 is 10.6 Å². The summed E-state index contributed by atoms with van der Waals surface area (Å²) in [6.45, 7) is 5.56. The Balaban J connectivity index is 1.15. The Morgan fingerprint density at radius 2 is 1.64 bits per heavy atom. The number of rotatable bonds is 7. The van der Waals surface area contributed by atoms with E-state index >= 15 is 0 Å². The quantitative estimate of drug-likeness (QED) is 0.173. The molecule has 0 spiro atoms. The van der Waals surface area contributed by atoms with Gasteiger partial charge in [-0.3, -0.25) is 14.7 Å². The summed E-state index contributed by atoms with van der Waals surface area (Å²) in [5.74, 6) is 0.256. The number of pyridine rings is 1. The lowest BCUT2D eigenvalue weighted by Crippen LogP contribution is -2.44. The number of hydrogen-bond donors (Lipinski definition) is 3. The number of nitrogens with zero attached hydrogens (tertiary/aromatic N) is 4. The molecule has 0 radical (unpaired) electrons. The van der Waals surface area contributed by atoms with Crippen molar-refractivity contribution in [2.75, 3.05) is 10.6 Å². The number of fused-ring (bicyclic) bond motifs is 3. The zero-order valence-electron chi connectivity index (χ0n) is 24.4. The normalized spacial score (nSPS) is 11.4. The third kappa shape index (κ3) is 5.91. The molecule has 0 aliphatic carbocycles. The van der Waals surface area contributed by atoms with Crippen LogP contribution in [0.3, 0.4) is 0 Å². The molecular weight excluding hydrogens is 556 g/mol. The van der Waals surface area contributed by atoms with Gasteiger partial charge in [-0.1, -0.05) is 30.3 Å². The van der Waals surface area contributed by atoms with Gasteiger partial charge in [0.15, 0.2) is 0 Å². The SMILES string of the molecule is CC(C)(C)N(Cc1cncc(C(=O)Nc2ccc(Nc3cc(-c4cccc5c4oc4ccccc45)ncn3)cc2)c1)C(=O)O. The summed E-state index contributed by atoms with van der Waals surface area (Å²) in [7, 11) is 0. The lowest BCUT2D eigenvalue weighted by molar-refractivity contribution is 0.0955. The van der Waals surface area contributed by atoms with Gasteiger partial charge in [0.1, 0.15) is 23.3 Å². The van der Waals surface area contributed by atoms with Crippen molar-refractivity contribution in [2.45, 2.75) is 32.9 Å². The van der Waals surface area contributed by atoms with Gasteiger partial charge in [0.05, 0.1) is 17.8 Å². The summed E-state index contributed by atoms with van der Waals surface area (Å²) in [4.78, 5) is 39.0. The molecule has 3 aromatic heterocycles. The van der Waals surface area contributed by atoms with Gasteiger partial charge >= 0.3 is 6.09 Å². The third-order valence-corrected chi connectivity index (χ3v) is 7.20. The predicted octanol–water partition coefficient (Wildman–Crippen LogP) is 7.71. The summed E-state index contributed by atoms with van der Waals surface area (Å²) < 4.78 is 6.17. The first-order valence-electron chi connectivity index (χ1n) is 14.0. The molecule has 3 N–H and O–H groups in total. The molecule has 44 heavy (non-hydrogen) atoms. The first-order chi connectivity index (χ1) is 21.2. The van der Waals surface area contributed by atoms with Gasteiger partial charge in [-0.2, -0.15) is 0 Å². The summed E-state index contributed by atoms with van der Waals surface area (Å²) in [5, 5.41) is 17.8. The van der Waals surface area contributed by atoms with Gasteiger partial charge in [0.25, 0.3) is 5.91 Å². The first-order valence-corrected chi connectivity index (χ1v) is 14.0. The number of anilines is 3. The highest BCUT2D eigenvalue weighted by Crippen LogP contribution is 2.35. The molecule has 0 atom stereocenters. The van der Waals surface area contributed by atoms with E-state index in [1.54, 1.807) is 24.4 Å². The van der Waals surface area contributed by atoms with E-state index in [9.17, 15) is 14.7 Å². The van der Waals surface area contributed by atoms with Crippen LogP contribution in [0.15, 0.2) is 102 Å². The second-order valence-corrected chi connectivity index (χ2v) is 11.3. The van der Waals surface area contributed by atoms with E-state index in [0.717, 1.165) is 38.9 Å². The van der Waals surface area contributed by atoms with Gasteiger partial charge in [-0.25, -0.2) is 14.8 Å². The largest absolute Gasteiger partial charge is 0.465 e. The molecular formula is C34H30N6O4. The molecule has 3 heterocycles. The number of nitrogens with one attached hydrogen (secondary N) is 2. The second kappa shape index (κ2) is 11.5. The lowest BCUT2D eigenvalue weighted by Gasteiger charge is -2.33. The minimum Gasteiger partial charge on any atom is -0.465 e. The number of benzene rings is 3. The Kier molecular flexibility index (Phi) is 7.40. The van der Waals surface area contributed by atoms with Crippen molar-refractivity contribution < 1.29 is 19.1 Å². The van der Waals surface area contributed by atoms with Crippen molar-refractivity contribution in [1.29, 1.82) is 0 Å². The van der Waals surface area contributed by atoms with Crippen molar-refractivity contribution in [1.82, 2.24) is 19.9 Å². The summed E-state index contributed by atoms with van der Waals surface area (Å²) >= 11 is 0. The lowest BCUT2D eigenvalue weighted by atomic mass is 10.1. The minimum atomic E-state index is -1.04. The molecule has 6 aromatic rings. The van der Waals surface area contributed by atoms with Gasteiger partial charge < -0.3 is 20.2 Å². The van der Waals surface area contributed by atoms with Crippen LogP contribution in [0.5, 0.6) is 0 Å². The standard InChI is InChI=1S/C34H30N6O4/c1-34(2,3)40(33(42)43)19-21-15-22(18-35-17-21)32(41)39-24-13-11-23(12-14-24)38-30-16-28(36-20-37-30)27-9-6-8-26-25-7-4-5-10-29(25)44-31(26)27/h4-18,20H,19H2,1-3H3,(H,39,41)(H,42,43)(H,36,37,38). The fraction of sp³-hybridized carbons (Fsp3) is 0.147. The van der Waals surface area contributed by atoms with Crippen LogP contribution >= 0.6 is 0 Å². The molecule has 0 saturated carbocycles. The van der Waals surface area contributed by atoms with Crippen molar-refractivity contribution in [3.05, 3.63) is 109 Å². The van der Waals surface area contributed by atoms with Crippen molar-refractivity contribution >= 4 is 51.1 Å². The highest BCUT2D eigenvalue weighted by atomic mass is 16.4. The number of carbonyl (C=O) groups is 2. The molecule has 2 amide bonds. The topological polar surface area (TPSA) is 133 Å². The summed E-state index contributed by atoms with van der Waals surface area (Å²) in [6.07, 6.45) is 3.49. The van der Waals surface area contributed by atoms with E-state index in [4.69, 9.17) is 4.42 Å². The summed E-state index contributed by atoms with van der Waals surface area (Å²) in [5.41, 5.74) is 4.90. The molecule has 0 aliphatic heterocycles. The molecule has 220 valence electrons. The average Bonchev–Trinajstić information content (AvgIpc) is 3.39. The average molecular weight is 587 g/mol. The van der Waals surface area contributed by atoms with Crippen LogP contribution in [0.2, 0.25) is 0 Å². The van der Waals surface area contributed by atoms with Crippen LogP contribution in [-0.2, 0) is 6.54 Å². The Hall–Kier alpha value is -5.77. The molecule has 10 nitrogen and oxygen atoms in total. The minimum absolute atomic E-state index is 0.117. The van der Waals surface area contributed by atoms with Gasteiger partial charge in [0.2, 0.25) is 0 Å². The van der Waals surface area contributed by atoms with Crippen LogP contribution in [0, 0.1) is 0 Å². The maximum absolute atomic E-state index is 13.0. The number of carbonyl (C=O) groups excluding carboxylic acids is 1. The molecule has 0 fully saturated rings. The number of furan rings is 1. The van der Waals surface area contributed by atoms with Gasteiger partial charge in [0, 0.05) is 51.7 Å². The van der Waals surface area contributed by atoms with Crippen molar-refractivity contribution in [2.24, 2.45) is 0 Å². The van der Waals surface area contributed by atoms with Crippen molar-refractivity contribution in [3.8, 4) is 11.3 Å². The van der Waals surface area contributed by atoms with Crippen LogP contribution in [-0.4, -0.2) is 42.5 Å². The van der Waals surface area contributed by atoms with Crippen molar-refractivity contribution in [3.63, 3.8) is 0 Å². The fourth-order valence-corrected chi connectivity index (χ4v) is 4.98. The zero-order chi connectivity index (χ0) is 30.8. The molecule has 0 saturated heterocycles. The number of amides is 2. The molecule has 3 aromatic carbocycles.